The molecule has 1 heterocycles. The Hall–Kier alpha value is -0.900. The first kappa shape index (κ1) is 11.2. The summed E-state index contributed by atoms with van der Waals surface area (Å²) >= 11 is 3.30. The van der Waals surface area contributed by atoms with Gasteiger partial charge in [-0.25, -0.2) is 9.37 Å². The summed E-state index contributed by atoms with van der Waals surface area (Å²) in [5, 5.41) is 0.883. The molecule has 0 N–H and O–H groups in total. The molecule has 0 aliphatic carbocycles. The number of hydrogen-bond acceptors (Lipinski definition) is 2. The molecule has 76 valence electrons. The zero-order chi connectivity index (χ0) is 10.4. The Bertz CT molecular complexity index is 328. The number of alkyl halides is 1. The molecule has 2 nitrogen and oxygen atoms in total. The second kappa shape index (κ2) is 5.75. The van der Waals surface area contributed by atoms with Crippen molar-refractivity contribution in [2.24, 2.45) is 0 Å². The van der Waals surface area contributed by atoms with Gasteiger partial charge < -0.3 is 4.74 Å². The number of aromatic nitrogens is 1. The normalized spacial score (nSPS) is 10.8. The summed E-state index contributed by atoms with van der Waals surface area (Å²) in [6.45, 7) is 0. The average Bonchev–Trinajstić information content (AvgIpc) is 2.19. The van der Waals surface area contributed by atoms with Crippen molar-refractivity contribution in [2.45, 2.75) is 6.42 Å². The first-order valence-corrected chi connectivity index (χ1v) is 5.32. The van der Waals surface area contributed by atoms with E-state index in [0.717, 1.165) is 17.9 Å². The van der Waals surface area contributed by atoms with Crippen LogP contribution < -0.4 is 4.74 Å². The Morgan fingerprint density at radius 3 is 3.07 bits per heavy atom. The fourth-order valence-corrected chi connectivity index (χ4v) is 1.27. The molecule has 0 radical (unpaired) electrons. The maximum atomic E-state index is 12.8. The quantitative estimate of drug-likeness (QED) is 0.776. The van der Waals surface area contributed by atoms with Crippen LogP contribution in [-0.2, 0) is 0 Å². The number of halogens is 2. The van der Waals surface area contributed by atoms with E-state index in [4.69, 9.17) is 4.74 Å². The third-order valence-electron chi connectivity index (χ3n) is 1.61. The van der Waals surface area contributed by atoms with Crippen LogP contribution >= 0.6 is 15.9 Å². The van der Waals surface area contributed by atoms with Crippen molar-refractivity contribution in [1.82, 2.24) is 4.98 Å². The fourth-order valence-electron chi connectivity index (χ4n) is 1.01. The molecule has 1 aromatic rings. The Morgan fingerprint density at radius 1 is 1.64 bits per heavy atom. The monoisotopic (exact) mass is 259 g/mol. The van der Waals surface area contributed by atoms with Crippen molar-refractivity contribution in [1.29, 1.82) is 0 Å². The lowest BCUT2D eigenvalue weighted by Gasteiger charge is -2.02. The molecular weight excluding hydrogens is 249 g/mol. The van der Waals surface area contributed by atoms with Crippen LogP contribution in [-0.4, -0.2) is 17.4 Å². The summed E-state index contributed by atoms with van der Waals surface area (Å²) in [6, 6.07) is 1.40. The molecule has 0 aliphatic heterocycles. The van der Waals surface area contributed by atoms with Crippen LogP contribution in [0.15, 0.2) is 18.3 Å². The summed E-state index contributed by atoms with van der Waals surface area (Å²) in [5.41, 5.74) is 0.661. The third kappa shape index (κ3) is 3.10. The van der Waals surface area contributed by atoms with Crippen LogP contribution in [0.1, 0.15) is 12.0 Å². The number of pyridine rings is 1. The average molecular weight is 260 g/mol. The van der Waals surface area contributed by atoms with E-state index < -0.39 is 0 Å². The zero-order valence-corrected chi connectivity index (χ0v) is 9.42. The minimum atomic E-state index is -0.357. The number of hydrogen-bond donors (Lipinski definition) is 0. The van der Waals surface area contributed by atoms with Crippen LogP contribution in [0.25, 0.3) is 6.08 Å². The van der Waals surface area contributed by atoms with Crippen molar-refractivity contribution >= 4 is 22.0 Å². The van der Waals surface area contributed by atoms with Gasteiger partial charge in [-0.2, -0.15) is 0 Å². The standard InChI is InChI=1S/C10H11BrFNO/c1-14-10-8(4-2-3-5-11)6-9(12)7-13-10/h2,4,6-7H,3,5H2,1H3. The molecule has 0 saturated carbocycles. The molecule has 1 aromatic heterocycles. The smallest absolute Gasteiger partial charge is 0.220 e. The highest BCUT2D eigenvalue weighted by molar-refractivity contribution is 9.09. The predicted molar refractivity (Wildman–Crippen MR) is 58.2 cm³/mol. The van der Waals surface area contributed by atoms with E-state index in [-0.39, 0.29) is 5.82 Å². The minimum Gasteiger partial charge on any atom is -0.481 e. The summed E-state index contributed by atoms with van der Waals surface area (Å²) in [6.07, 6.45) is 5.77. The lowest BCUT2D eigenvalue weighted by atomic mass is 10.2. The van der Waals surface area contributed by atoms with E-state index in [0.29, 0.717) is 11.4 Å². The first-order chi connectivity index (χ1) is 6.77. The van der Waals surface area contributed by atoms with Crippen LogP contribution in [0, 0.1) is 5.82 Å². The third-order valence-corrected chi connectivity index (χ3v) is 2.07. The molecule has 0 atom stereocenters. The Labute approximate surface area is 90.9 Å². The van der Waals surface area contributed by atoms with Gasteiger partial charge in [0.2, 0.25) is 5.88 Å². The van der Waals surface area contributed by atoms with Gasteiger partial charge in [-0.15, -0.1) is 0 Å². The van der Waals surface area contributed by atoms with E-state index in [1.165, 1.54) is 13.2 Å². The Morgan fingerprint density at radius 2 is 2.43 bits per heavy atom. The highest BCUT2D eigenvalue weighted by atomic mass is 79.9. The van der Waals surface area contributed by atoms with Gasteiger partial charge in [0.15, 0.2) is 0 Å². The molecular formula is C10H11BrFNO. The number of ether oxygens (including phenoxy) is 1. The maximum absolute atomic E-state index is 12.8. The molecule has 4 heteroatoms. The molecule has 0 aliphatic rings. The second-order valence-electron chi connectivity index (χ2n) is 2.63. The van der Waals surface area contributed by atoms with Gasteiger partial charge in [-0.3, -0.25) is 0 Å². The number of methoxy groups -OCH3 is 1. The van der Waals surface area contributed by atoms with Crippen LogP contribution in [0.3, 0.4) is 0 Å². The van der Waals surface area contributed by atoms with Gasteiger partial charge in [0.05, 0.1) is 13.3 Å². The molecule has 0 spiro atoms. The van der Waals surface area contributed by atoms with Crippen molar-refractivity contribution in [3.63, 3.8) is 0 Å². The lowest BCUT2D eigenvalue weighted by molar-refractivity contribution is 0.394. The van der Waals surface area contributed by atoms with Crippen molar-refractivity contribution in [2.75, 3.05) is 12.4 Å². The molecule has 0 amide bonds. The molecule has 14 heavy (non-hydrogen) atoms. The Balaban J connectivity index is 2.87. The molecule has 0 unspecified atom stereocenters. The number of allylic oxidation sites excluding steroid dienone is 1. The van der Waals surface area contributed by atoms with E-state index in [1.54, 1.807) is 6.08 Å². The van der Waals surface area contributed by atoms with Gasteiger partial charge in [-0.1, -0.05) is 28.1 Å². The molecule has 0 saturated heterocycles. The Kier molecular flexibility index (Phi) is 4.59. The van der Waals surface area contributed by atoms with Crippen LogP contribution in [0.4, 0.5) is 4.39 Å². The summed E-state index contributed by atoms with van der Waals surface area (Å²) in [4.78, 5) is 3.82. The van der Waals surface area contributed by atoms with Crippen LogP contribution in [0.2, 0.25) is 0 Å². The maximum Gasteiger partial charge on any atom is 0.220 e. The van der Waals surface area contributed by atoms with Gasteiger partial charge in [-0.05, 0) is 12.5 Å². The van der Waals surface area contributed by atoms with Gasteiger partial charge in [0.1, 0.15) is 5.82 Å². The summed E-state index contributed by atoms with van der Waals surface area (Å²) < 4.78 is 17.8. The van der Waals surface area contributed by atoms with Gasteiger partial charge in [0.25, 0.3) is 0 Å². The summed E-state index contributed by atoms with van der Waals surface area (Å²) in [5.74, 6) is 0.0847. The van der Waals surface area contributed by atoms with E-state index >= 15 is 0 Å². The fraction of sp³-hybridized carbons (Fsp3) is 0.300. The van der Waals surface area contributed by atoms with Gasteiger partial charge in [0, 0.05) is 10.9 Å². The minimum absolute atomic E-state index is 0.357. The molecule has 0 aromatic carbocycles. The highest BCUT2D eigenvalue weighted by Gasteiger charge is 2.01. The van der Waals surface area contributed by atoms with Crippen molar-refractivity contribution in [3.8, 4) is 5.88 Å². The topological polar surface area (TPSA) is 22.1 Å². The van der Waals surface area contributed by atoms with E-state index in [1.807, 2.05) is 6.08 Å². The number of nitrogens with zero attached hydrogens (tertiary/aromatic N) is 1. The van der Waals surface area contributed by atoms with Gasteiger partial charge >= 0.3 is 0 Å². The highest BCUT2D eigenvalue weighted by Crippen LogP contribution is 2.17. The van der Waals surface area contributed by atoms with Crippen molar-refractivity contribution in [3.05, 3.63) is 29.7 Å². The molecule has 0 fully saturated rings. The number of rotatable bonds is 4. The first-order valence-electron chi connectivity index (χ1n) is 4.20. The van der Waals surface area contributed by atoms with E-state index in [2.05, 4.69) is 20.9 Å². The second-order valence-corrected chi connectivity index (χ2v) is 3.43. The molecule has 0 bridgehead atoms. The lowest BCUT2D eigenvalue weighted by Crippen LogP contribution is -1.92. The molecule has 1 rings (SSSR count). The summed E-state index contributed by atoms with van der Waals surface area (Å²) in [7, 11) is 1.52. The van der Waals surface area contributed by atoms with Crippen LogP contribution in [0.5, 0.6) is 5.88 Å². The SMILES string of the molecule is COc1ncc(F)cc1C=CCCBr. The zero-order valence-electron chi connectivity index (χ0n) is 7.84. The van der Waals surface area contributed by atoms with E-state index in [9.17, 15) is 4.39 Å². The largest absolute Gasteiger partial charge is 0.481 e. The van der Waals surface area contributed by atoms with Crippen molar-refractivity contribution < 1.29 is 9.13 Å². The predicted octanol–water partition coefficient (Wildman–Crippen LogP) is 3.03.